The second-order valence-corrected chi connectivity index (χ2v) is 5.61. The smallest absolute Gasteiger partial charge is 0.327 e. The number of benzene rings is 1. The average molecular weight is 277 g/mol. The van der Waals surface area contributed by atoms with Crippen LogP contribution in [0.2, 0.25) is 0 Å². The van der Waals surface area contributed by atoms with Gasteiger partial charge in [0.15, 0.2) is 0 Å². The summed E-state index contributed by atoms with van der Waals surface area (Å²) >= 11 is 0. The van der Waals surface area contributed by atoms with Gasteiger partial charge in [0.25, 0.3) is 0 Å². The molecule has 1 saturated carbocycles. The molecule has 0 radical (unpaired) electrons. The monoisotopic (exact) mass is 277 g/mol. The molecule has 0 saturated heterocycles. The number of hydrogen-bond acceptors (Lipinski definition) is 4. The Morgan fingerprint density at radius 2 is 1.85 bits per heavy atom. The lowest BCUT2D eigenvalue weighted by molar-refractivity contribution is -0.143. The van der Waals surface area contributed by atoms with Crippen LogP contribution in [0.5, 0.6) is 5.75 Å². The molecule has 20 heavy (non-hydrogen) atoms. The summed E-state index contributed by atoms with van der Waals surface area (Å²) in [6, 6.07) is 3.62. The Hall–Kier alpha value is -1.55. The van der Waals surface area contributed by atoms with Gasteiger partial charge in [0.1, 0.15) is 11.8 Å². The molecular formula is C16H23NO3. The molecule has 2 N–H and O–H groups in total. The van der Waals surface area contributed by atoms with E-state index in [4.69, 9.17) is 4.74 Å². The molecule has 1 aliphatic carbocycles. The van der Waals surface area contributed by atoms with E-state index in [2.05, 4.69) is 5.32 Å². The number of ether oxygens (including phenoxy) is 1. The lowest BCUT2D eigenvalue weighted by Crippen LogP contribution is -2.36. The molecule has 0 spiro atoms. The maximum atomic E-state index is 12.1. The fourth-order valence-corrected chi connectivity index (χ4v) is 2.90. The van der Waals surface area contributed by atoms with E-state index in [0.29, 0.717) is 11.8 Å². The van der Waals surface area contributed by atoms with Crippen molar-refractivity contribution in [2.45, 2.75) is 51.6 Å². The molecule has 1 aromatic carbocycles. The minimum atomic E-state index is -0.457. The van der Waals surface area contributed by atoms with Crippen molar-refractivity contribution in [3.8, 4) is 5.75 Å². The van der Waals surface area contributed by atoms with E-state index in [-0.39, 0.29) is 5.97 Å². The van der Waals surface area contributed by atoms with E-state index >= 15 is 0 Å². The fourth-order valence-electron chi connectivity index (χ4n) is 2.90. The second kappa shape index (κ2) is 6.27. The molecule has 1 atom stereocenters. The van der Waals surface area contributed by atoms with Gasteiger partial charge >= 0.3 is 5.97 Å². The number of rotatable bonds is 4. The van der Waals surface area contributed by atoms with Crippen LogP contribution in [0.25, 0.3) is 0 Å². The molecular weight excluding hydrogens is 254 g/mol. The number of hydrogen-bond donors (Lipinski definition) is 2. The topological polar surface area (TPSA) is 58.6 Å². The molecule has 0 bridgehead atoms. The highest BCUT2D eigenvalue weighted by Crippen LogP contribution is 2.28. The summed E-state index contributed by atoms with van der Waals surface area (Å²) in [5.41, 5.74) is 2.42. The standard InChI is InChI=1S/C16H23NO3/c1-10-8-12(9-11(2)15(10)18)14(16(19)20-3)17-13-6-4-5-7-13/h8-9,13-14,17-18H,4-7H2,1-3H3. The molecule has 1 unspecified atom stereocenters. The SMILES string of the molecule is COC(=O)C(NC1CCCC1)c1cc(C)c(O)c(C)c1. The van der Waals surface area contributed by atoms with Crippen molar-refractivity contribution in [3.63, 3.8) is 0 Å². The summed E-state index contributed by atoms with van der Waals surface area (Å²) in [7, 11) is 1.41. The number of phenolic OH excluding ortho intramolecular Hbond substituents is 1. The summed E-state index contributed by atoms with van der Waals surface area (Å²) in [5.74, 6) is 0.0135. The van der Waals surface area contributed by atoms with Crippen molar-refractivity contribution in [2.24, 2.45) is 0 Å². The van der Waals surface area contributed by atoms with Crippen LogP contribution in [0.4, 0.5) is 0 Å². The zero-order valence-corrected chi connectivity index (χ0v) is 12.4. The number of aromatic hydroxyl groups is 1. The van der Waals surface area contributed by atoms with Gasteiger partial charge in [-0.1, -0.05) is 25.0 Å². The highest BCUT2D eigenvalue weighted by atomic mass is 16.5. The molecule has 1 aliphatic rings. The van der Waals surface area contributed by atoms with Gasteiger partial charge < -0.3 is 9.84 Å². The van der Waals surface area contributed by atoms with Gasteiger partial charge in [-0.2, -0.15) is 0 Å². The maximum Gasteiger partial charge on any atom is 0.327 e. The zero-order valence-electron chi connectivity index (χ0n) is 12.4. The van der Waals surface area contributed by atoms with Gasteiger partial charge in [0.05, 0.1) is 7.11 Å². The van der Waals surface area contributed by atoms with Gasteiger partial charge in [-0.3, -0.25) is 5.32 Å². The van der Waals surface area contributed by atoms with Crippen LogP contribution >= 0.6 is 0 Å². The third kappa shape index (κ3) is 3.12. The Balaban J connectivity index is 2.28. The third-order valence-electron chi connectivity index (χ3n) is 4.04. The molecule has 4 heteroatoms. The van der Waals surface area contributed by atoms with Crippen molar-refractivity contribution >= 4 is 5.97 Å². The van der Waals surface area contributed by atoms with Gasteiger partial charge in [-0.05, 0) is 43.4 Å². The van der Waals surface area contributed by atoms with E-state index in [1.807, 2.05) is 26.0 Å². The van der Waals surface area contributed by atoms with E-state index in [1.54, 1.807) is 0 Å². The van der Waals surface area contributed by atoms with Crippen molar-refractivity contribution < 1.29 is 14.6 Å². The molecule has 4 nitrogen and oxygen atoms in total. The van der Waals surface area contributed by atoms with Crippen LogP contribution in [0.1, 0.15) is 48.4 Å². The van der Waals surface area contributed by atoms with Crippen LogP contribution in [-0.2, 0) is 9.53 Å². The Labute approximate surface area is 120 Å². The first-order valence-corrected chi connectivity index (χ1v) is 7.17. The number of carbonyl (C=O) groups is 1. The minimum Gasteiger partial charge on any atom is -0.507 e. The highest BCUT2D eigenvalue weighted by molar-refractivity contribution is 5.78. The molecule has 1 fully saturated rings. The summed E-state index contributed by atoms with van der Waals surface area (Å²) in [6.45, 7) is 3.69. The second-order valence-electron chi connectivity index (χ2n) is 5.61. The molecule has 0 aromatic heterocycles. The molecule has 0 heterocycles. The summed E-state index contributed by atoms with van der Waals surface area (Å²) < 4.78 is 4.92. The van der Waals surface area contributed by atoms with E-state index < -0.39 is 6.04 Å². The largest absolute Gasteiger partial charge is 0.507 e. The summed E-state index contributed by atoms with van der Waals surface area (Å²) in [5, 5.41) is 13.3. The van der Waals surface area contributed by atoms with Crippen molar-refractivity contribution in [1.29, 1.82) is 0 Å². The highest BCUT2D eigenvalue weighted by Gasteiger charge is 2.27. The maximum absolute atomic E-state index is 12.1. The first-order valence-electron chi connectivity index (χ1n) is 7.17. The Morgan fingerprint density at radius 1 is 1.30 bits per heavy atom. The summed E-state index contributed by atoms with van der Waals surface area (Å²) in [6.07, 6.45) is 4.62. The Kier molecular flexibility index (Phi) is 4.65. The van der Waals surface area contributed by atoms with Crippen molar-refractivity contribution in [2.75, 3.05) is 7.11 Å². The summed E-state index contributed by atoms with van der Waals surface area (Å²) in [4.78, 5) is 12.1. The van der Waals surface area contributed by atoms with Gasteiger partial charge in [0.2, 0.25) is 0 Å². The predicted molar refractivity (Wildman–Crippen MR) is 77.7 cm³/mol. The Morgan fingerprint density at radius 3 is 2.35 bits per heavy atom. The lowest BCUT2D eigenvalue weighted by Gasteiger charge is -2.22. The molecule has 110 valence electrons. The lowest BCUT2D eigenvalue weighted by atomic mass is 9.99. The number of methoxy groups -OCH3 is 1. The van der Waals surface area contributed by atoms with Crippen LogP contribution in [0.3, 0.4) is 0 Å². The van der Waals surface area contributed by atoms with Crippen LogP contribution in [0, 0.1) is 13.8 Å². The molecule has 1 aromatic rings. The number of esters is 1. The number of phenols is 1. The quantitative estimate of drug-likeness (QED) is 0.831. The average Bonchev–Trinajstić information content (AvgIpc) is 2.93. The van der Waals surface area contributed by atoms with Crippen molar-refractivity contribution in [1.82, 2.24) is 5.32 Å². The third-order valence-corrected chi connectivity index (χ3v) is 4.04. The normalized spacial score (nSPS) is 17.1. The zero-order chi connectivity index (χ0) is 14.7. The van der Waals surface area contributed by atoms with Gasteiger partial charge in [-0.25, -0.2) is 4.79 Å². The van der Waals surface area contributed by atoms with E-state index in [1.165, 1.54) is 20.0 Å². The number of carbonyl (C=O) groups excluding carboxylic acids is 1. The van der Waals surface area contributed by atoms with E-state index in [0.717, 1.165) is 29.5 Å². The van der Waals surface area contributed by atoms with Crippen molar-refractivity contribution in [3.05, 3.63) is 28.8 Å². The first kappa shape index (κ1) is 14.9. The fraction of sp³-hybridized carbons (Fsp3) is 0.562. The number of nitrogens with one attached hydrogen (secondary N) is 1. The first-order chi connectivity index (χ1) is 9.52. The number of aryl methyl sites for hydroxylation is 2. The predicted octanol–water partition coefficient (Wildman–Crippen LogP) is 2.76. The van der Waals surface area contributed by atoms with Gasteiger partial charge in [0, 0.05) is 6.04 Å². The molecule has 2 rings (SSSR count). The minimum absolute atomic E-state index is 0.276. The van der Waals surface area contributed by atoms with Gasteiger partial charge in [-0.15, -0.1) is 0 Å². The van der Waals surface area contributed by atoms with Crippen LogP contribution < -0.4 is 5.32 Å². The van der Waals surface area contributed by atoms with E-state index in [9.17, 15) is 9.90 Å². The molecule has 0 amide bonds. The van der Waals surface area contributed by atoms with Crippen LogP contribution in [0.15, 0.2) is 12.1 Å². The molecule has 0 aliphatic heterocycles. The van der Waals surface area contributed by atoms with Crippen LogP contribution in [-0.4, -0.2) is 24.2 Å². The Bertz CT molecular complexity index is 469.